The Kier molecular flexibility index (Phi) is 4.95. The number of aromatic nitrogens is 1. The highest BCUT2D eigenvalue weighted by molar-refractivity contribution is 5.09. The predicted octanol–water partition coefficient (Wildman–Crippen LogP) is 1.70. The summed E-state index contributed by atoms with van der Waals surface area (Å²) in [5.41, 5.74) is 1.39. The van der Waals surface area contributed by atoms with Crippen LogP contribution in [0.1, 0.15) is 24.8 Å². The van der Waals surface area contributed by atoms with Crippen LogP contribution in [0.5, 0.6) is 0 Å². The van der Waals surface area contributed by atoms with E-state index < -0.39 is 0 Å². The van der Waals surface area contributed by atoms with Crippen molar-refractivity contribution in [1.29, 1.82) is 0 Å². The Hall–Kier alpha value is -0.930. The second-order valence-corrected chi connectivity index (χ2v) is 4.99. The summed E-state index contributed by atoms with van der Waals surface area (Å²) >= 11 is 0. The van der Waals surface area contributed by atoms with Crippen molar-refractivity contribution in [1.82, 2.24) is 15.2 Å². The monoisotopic (exact) mass is 233 g/mol. The van der Waals surface area contributed by atoms with E-state index in [1.54, 1.807) is 0 Å². The van der Waals surface area contributed by atoms with Gasteiger partial charge in [0.1, 0.15) is 0 Å². The van der Waals surface area contributed by atoms with Gasteiger partial charge in [0, 0.05) is 31.5 Å². The summed E-state index contributed by atoms with van der Waals surface area (Å²) in [6, 6.07) is 5.05. The molecule has 17 heavy (non-hydrogen) atoms. The molecule has 0 aliphatic heterocycles. The Bertz CT molecular complexity index is 309. The van der Waals surface area contributed by atoms with Gasteiger partial charge in [0.15, 0.2) is 0 Å². The molecule has 0 bridgehead atoms. The SMILES string of the molecule is CN(CCCc1ccncc1)CCNC1CC1. The number of nitrogens with zero attached hydrogens (tertiary/aromatic N) is 2. The summed E-state index contributed by atoms with van der Waals surface area (Å²) in [6.45, 7) is 3.47. The van der Waals surface area contributed by atoms with Crippen LogP contribution >= 0.6 is 0 Å². The molecule has 3 nitrogen and oxygen atoms in total. The van der Waals surface area contributed by atoms with Gasteiger partial charge in [0.05, 0.1) is 0 Å². The summed E-state index contributed by atoms with van der Waals surface area (Å²) in [5.74, 6) is 0. The van der Waals surface area contributed by atoms with Crippen LogP contribution in [0, 0.1) is 0 Å². The molecule has 1 aromatic heterocycles. The van der Waals surface area contributed by atoms with E-state index in [4.69, 9.17) is 0 Å². The lowest BCUT2D eigenvalue weighted by Crippen LogP contribution is -2.31. The Balaban J connectivity index is 1.51. The van der Waals surface area contributed by atoms with Crippen molar-refractivity contribution in [2.75, 3.05) is 26.7 Å². The highest BCUT2D eigenvalue weighted by Crippen LogP contribution is 2.17. The van der Waals surface area contributed by atoms with Gasteiger partial charge in [-0.15, -0.1) is 0 Å². The molecule has 94 valence electrons. The fourth-order valence-corrected chi connectivity index (χ4v) is 1.96. The first-order chi connectivity index (χ1) is 8.34. The summed E-state index contributed by atoms with van der Waals surface area (Å²) in [7, 11) is 2.21. The zero-order valence-electron chi connectivity index (χ0n) is 10.7. The van der Waals surface area contributed by atoms with Crippen LogP contribution in [0.25, 0.3) is 0 Å². The summed E-state index contributed by atoms with van der Waals surface area (Å²) < 4.78 is 0. The van der Waals surface area contributed by atoms with Gasteiger partial charge in [-0.3, -0.25) is 4.98 Å². The number of nitrogens with one attached hydrogen (secondary N) is 1. The van der Waals surface area contributed by atoms with E-state index in [0.717, 1.165) is 25.6 Å². The second-order valence-electron chi connectivity index (χ2n) is 4.99. The average Bonchev–Trinajstić information content (AvgIpc) is 3.14. The van der Waals surface area contributed by atoms with Gasteiger partial charge >= 0.3 is 0 Å². The third kappa shape index (κ3) is 5.29. The molecule has 1 aliphatic carbocycles. The standard InChI is InChI=1S/C14H23N3/c1-17(12-10-16-14-4-5-14)11-2-3-13-6-8-15-9-7-13/h6-9,14,16H,2-5,10-12H2,1H3. The minimum absolute atomic E-state index is 0.834. The van der Waals surface area contributed by atoms with Gasteiger partial charge in [-0.2, -0.15) is 0 Å². The quantitative estimate of drug-likeness (QED) is 0.741. The van der Waals surface area contributed by atoms with E-state index in [-0.39, 0.29) is 0 Å². The van der Waals surface area contributed by atoms with Crippen molar-refractivity contribution in [3.63, 3.8) is 0 Å². The number of aryl methyl sites for hydroxylation is 1. The Morgan fingerprint density at radius 2 is 2.06 bits per heavy atom. The second kappa shape index (κ2) is 6.72. The van der Waals surface area contributed by atoms with Crippen LogP contribution in [0.4, 0.5) is 0 Å². The zero-order chi connectivity index (χ0) is 11.9. The molecule has 2 rings (SSSR count). The molecule has 1 N–H and O–H groups in total. The highest BCUT2D eigenvalue weighted by atomic mass is 15.1. The normalized spacial score (nSPS) is 15.4. The van der Waals surface area contributed by atoms with E-state index in [9.17, 15) is 0 Å². The van der Waals surface area contributed by atoms with E-state index >= 15 is 0 Å². The Labute approximate surface area is 104 Å². The summed E-state index contributed by atoms with van der Waals surface area (Å²) in [4.78, 5) is 6.45. The third-order valence-corrected chi connectivity index (χ3v) is 3.26. The van der Waals surface area contributed by atoms with E-state index in [1.165, 1.54) is 31.4 Å². The van der Waals surface area contributed by atoms with Crippen LogP contribution in [0.2, 0.25) is 0 Å². The molecular weight excluding hydrogens is 210 g/mol. The highest BCUT2D eigenvalue weighted by Gasteiger charge is 2.19. The Morgan fingerprint density at radius 3 is 2.76 bits per heavy atom. The lowest BCUT2D eigenvalue weighted by molar-refractivity contribution is 0.326. The number of likely N-dealkylation sites (N-methyl/N-ethyl adjacent to an activating group) is 1. The molecule has 0 radical (unpaired) electrons. The maximum Gasteiger partial charge on any atom is 0.0270 e. The lowest BCUT2D eigenvalue weighted by atomic mass is 10.1. The molecule has 3 heteroatoms. The van der Waals surface area contributed by atoms with Gasteiger partial charge in [-0.25, -0.2) is 0 Å². The maximum absolute atomic E-state index is 4.03. The first-order valence-electron chi connectivity index (χ1n) is 6.65. The smallest absolute Gasteiger partial charge is 0.0270 e. The molecule has 0 aromatic carbocycles. The van der Waals surface area contributed by atoms with Crippen molar-refractivity contribution in [3.8, 4) is 0 Å². The fraction of sp³-hybridized carbons (Fsp3) is 0.643. The molecule has 0 atom stereocenters. The van der Waals surface area contributed by atoms with Crippen molar-refractivity contribution in [3.05, 3.63) is 30.1 Å². The van der Waals surface area contributed by atoms with E-state index in [1.807, 2.05) is 12.4 Å². The van der Waals surface area contributed by atoms with Gasteiger partial charge in [0.25, 0.3) is 0 Å². The predicted molar refractivity (Wildman–Crippen MR) is 71.1 cm³/mol. The average molecular weight is 233 g/mol. The molecule has 1 aromatic rings. The van der Waals surface area contributed by atoms with Gasteiger partial charge < -0.3 is 10.2 Å². The molecule has 0 amide bonds. The van der Waals surface area contributed by atoms with Crippen LogP contribution in [-0.2, 0) is 6.42 Å². The first-order valence-corrected chi connectivity index (χ1v) is 6.65. The third-order valence-electron chi connectivity index (χ3n) is 3.26. The first kappa shape index (κ1) is 12.5. The van der Waals surface area contributed by atoms with Crippen LogP contribution in [-0.4, -0.2) is 42.6 Å². The summed E-state index contributed by atoms with van der Waals surface area (Å²) in [5, 5.41) is 3.55. The minimum Gasteiger partial charge on any atom is -0.313 e. The number of hydrogen-bond donors (Lipinski definition) is 1. The van der Waals surface area contributed by atoms with Crippen molar-refractivity contribution in [2.45, 2.75) is 31.7 Å². The molecule has 1 saturated carbocycles. The molecule has 1 heterocycles. The van der Waals surface area contributed by atoms with Crippen molar-refractivity contribution in [2.24, 2.45) is 0 Å². The topological polar surface area (TPSA) is 28.2 Å². The molecule has 0 saturated heterocycles. The van der Waals surface area contributed by atoms with Crippen LogP contribution in [0.3, 0.4) is 0 Å². The number of hydrogen-bond acceptors (Lipinski definition) is 3. The molecule has 1 aliphatic rings. The lowest BCUT2D eigenvalue weighted by Gasteiger charge is -2.16. The Morgan fingerprint density at radius 1 is 1.29 bits per heavy atom. The molecule has 0 spiro atoms. The van der Waals surface area contributed by atoms with Crippen LogP contribution in [0.15, 0.2) is 24.5 Å². The molecular formula is C14H23N3. The zero-order valence-corrected chi connectivity index (χ0v) is 10.7. The number of rotatable bonds is 8. The van der Waals surface area contributed by atoms with Crippen molar-refractivity contribution >= 4 is 0 Å². The molecule has 0 unspecified atom stereocenters. The fourth-order valence-electron chi connectivity index (χ4n) is 1.96. The van der Waals surface area contributed by atoms with Crippen molar-refractivity contribution < 1.29 is 0 Å². The largest absolute Gasteiger partial charge is 0.313 e. The maximum atomic E-state index is 4.03. The van der Waals surface area contributed by atoms with E-state index in [2.05, 4.69) is 34.4 Å². The van der Waals surface area contributed by atoms with Gasteiger partial charge in [0.2, 0.25) is 0 Å². The van der Waals surface area contributed by atoms with Gasteiger partial charge in [-0.1, -0.05) is 0 Å². The van der Waals surface area contributed by atoms with E-state index in [0.29, 0.717) is 0 Å². The molecule has 1 fully saturated rings. The number of pyridine rings is 1. The minimum atomic E-state index is 0.834. The van der Waals surface area contributed by atoms with Crippen LogP contribution < -0.4 is 5.32 Å². The van der Waals surface area contributed by atoms with Gasteiger partial charge in [-0.05, 0) is 57.0 Å². The summed E-state index contributed by atoms with van der Waals surface area (Å²) in [6.07, 6.45) is 8.89.